The molecule has 0 aromatic carbocycles. The molecule has 2 aliphatic heterocycles. The molecule has 0 radical (unpaired) electrons. The van der Waals surface area contributed by atoms with Crippen LogP contribution in [0.4, 0.5) is 0 Å². The normalized spacial score (nSPS) is 22.9. The lowest BCUT2D eigenvalue weighted by Gasteiger charge is -2.26. The number of nitrogens with zero attached hydrogens (tertiary/aromatic N) is 1. The summed E-state index contributed by atoms with van der Waals surface area (Å²) < 4.78 is 5.36. The molecule has 1 aromatic heterocycles. The molecule has 1 unspecified atom stereocenters. The fourth-order valence-corrected chi connectivity index (χ4v) is 3.68. The first-order valence-electron chi connectivity index (χ1n) is 7.41. The van der Waals surface area contributed by atoms with Crippen LogP contribution in [-0.4, -0.2) is 37.1 Å². The van der Waals surface area contributed by atoms with Crippen molar-refractivity contribution in [3.8, 4) is 0 Å². The third kappa shape index (κ3) is 3.30. The number of hydrogen-bond acceptors (Lipinski definition) is 3. The minimum absolute atomic E-state index is 0.304. The van der Waals surface area contributed by atoms with Crippen molar-refractivity contribution in [2.24, 2.45) is 5.92 Å². The summed E-state index contributed by atoms with van der Waals surface area (Å²) in [6, 6.07) is 4.25. The van der Waals surface area contributed by atoms with Gasteiger partial charge in [-0.05, 0) is 42.2 Å². The highest BCUT2D eigenvalue weighted by molar-refractivity contribution is 7.11. The molecule has 0 aliphatic carbocycles. The van der Waals surface area contributed by atoms with Crippen LogP contribution in [0, 0.1) is 5.92 Å². The van der Waals surface area contributed by atoms with Crippen molar-refractivity contribution in [2.75, 3.05) is 26.3 Å². The molecule has 1 amide bonds. The van der Waals surface area contributed by atoms with E-state index in [2.05, 4.69) is 23.6 Å². The number of ether oxygens (including phenoxy) is 1. The second kappa shape index (κ2) is 6.55. The molecule has 0 spiro atoms. The first-order chi connectivity index (χ1) is 9.83. The van der Waals surface area contributed by atoms with Crippen LogP contribution >= 0.6 is 11.3 Å². The molecule has 3 nitrogen and oxygen atoms in total. The zero-order valence-corrected chi connectivity index (χ0v) is 12.5. The summed E-state index contributed by atoms with van der Waals surface area (Å²) in [5.74, 6) is 0.902. The maximum atomic E-state index is 12.2. The average molecular weight is 291 g/mol. The van der Waals surface area contributed by atoms with Crippen molar-refractivity contribution in [3.05, 3.63) is 28.5 Å². The average Bonchev–Trinajstić information content (AvgIpc) is 3.18. The quantitative estimate of drug-likeness (QED) is 0.852. The molecule has 0 saturated carbocycles. The molecule has 1 atom stereocenters. The Hall–Kier alpha value is -1.13. The second-order valence-electron chi connectivity index (χ2n) is 5.56. The minimum atomic E-state index is 0.304. The van der Waals surface area contributed by atoms with Gasteiger partial charge in [0.2, 0.25) is 5.91 Å². The molecule has 1 fully saturated rings. The van der Waals surface area contributed by atoms with Crippen LogP contribution in [0.2, 0.25) is 0 Å². The molecule has 108 valence electrons. The second-order valence-corrected chi connectivity index (χ2v) is 6.51. The fourth-order valence-electron chi connectivity index (χ4n) is 2.88. The smallest absolute Gasteiger partial charge is 0.222 e. The van der Waals surface area contributed by atoms with E-state index in [1.54, 1.807) is 11.3 Å². The van der Waals surface area contributed by atoms with Gasteiger partial charge in [-0.25, -0.2) is 0 Å². The first-order valence-corrected chi connectivity index (χ1v) is 8.29. The fraction of sp³-hybridized carbons (Fsp3) is 0.562. The van der Waals surface area contributed by atoms with E-state index in [4.69, 9.17) is 4.74 Å². The van der Waals surface area contributed by atoms with Gasteiger partial charge in [0.15, 0.2) is 0 Å². The molecule has 4 heteroatoms. The largest absolute Gasteiger partial charge is 0.381 e. The minimum Gasteiger partial charge on any atom is -0.381 e. The topological polar surface area (TPSA) is 29.5 Å². The van der Waals surface area contributed by atoms with Crippen LogP contribution in [0.25, 0.3) is 5.57 Å². The summed E-state index contributed by atoms with van der Waals surface area (Å²) in [6.07, 6.45) is 5.98. The molecular weight excluding hydrogens is 270 g/mol. The molecular formula is C16H21NO2S. The highest BCUT2D eigenvalue weighted by atomic mass is 32.1. The lowest BCUT2D eigenvalue weighted by Crippen LogP contribution is -2.34. The third-order valence-electron chi connectivity index (χ3n) is 4.19. The van der Waals surface area contributed by atoms with Crippen molar-refractivity contribution < 1.29 is 9.53 Å². The van der Waals surface area contributed by atoms with E-state index in [1.807, 2.05) is 4.90 Å². The molecule has 1 aromatic rings. The lowest BCUT2D eigenvalue weighted by atomic mass is 10.0. The Bertz CT molecular complexity index is 475. The zero-order chi connectivity index (χ0) is 13.8. The SMILES string of the molecule is O=C(CCC1CCOC1)N1CC=C(c2cccs2)CC1. The van der Waals surface area contributed by atoms with Gasteiger partial charge in [0.25, 0.3) is 0 Å². The maximum absolute atomic E-state index is 12.2. The van der Waals surface area contributed by atoms with E-state index in [1.165, 1.54) is 10.5 Å². The van der Waals surface area contributed by atoms with Gasteiger partial charge in [-0.15, -0.1) is 11.3 Å². The van der Waals surface area contributed by atoms with Crippen LogP contribution in [0.15, 0.2) is 23.6 Å². The number of thiophene rings is 1. The summed E-state index contributed by atoms with van der Waals surface area (Å²) in [5.41, 5.74) is 1.40. The number of hydrogen-bond donors (Lipinski definition) is 0. The summed E-state index contributed by atoms with van der Waals surface area (Å²) in [5, 5.41) is 2.11. The summed E-state index contributed by atoms with van der Waals surface area (Å²) in [7, 11) is 0. The van der Waals surface area contributed by atoms with Gasteiger partial charge in [-0.1, -0.05) is 12.1 Å². The third-order valence-corrected chi connectivity index (χ3v) is 5.14. The Labute approximate surface area is 124 Å². The van der Waals surface area contributed by atoms with Crippen LogP contribution in [-0.2, 0) is 9.53 Å². The van der Waals surface area contributed by atoms with Gasteiger partial charge in [-0.3, -0.25) is 4.79 Å². The highest BCUT2D eigenvalue weighted by Crippen LogP contribution is 2.26. The Kier molecular flexibility index (Phi) is 4.53. The van der Waals surface area contributed by atoms with Gasteiger partial charge < -0.3 is 9.64 Å². The van der Waals surface area contributed by atoms with Crippen molar-refractivity contribution in [1.29, 1.82) is 0 Å². The predicted octanol–water partition coefficient (Wildman–Crippen LogP) is 3.18. The Balaban J connectivity index is 1.48. The van der Waals surface area contributed by atoms with Crippen LogP contribution < -0.4 is 0 Å². The van der Waals surface area contributed by atoms with Gasteiger partial charge in [0.05, 0.1) is 0 Å². The van der Waals surface area contributed by atoms with E-state index >= 15 is 0 Å². The van der Waals surface area contributed by atoms with Crippen molar-refractivity contribution >= 4 is 22.8 Å². The van der Waals surface area contributed by atoms with E-state index in [9.17, 15) is 4.79 Å². The van der Waals surface area contributed by atoms with E-state index < -0.39 is 0 Å². The van der Waals surface area contributed by atoms with E-state index in [0.29, 0.717) is 18.2 Å². The van der Waals surface area contributed by atoms with Crippen LogP contribution in [0.1, 0.15) is 30.6 Å². The van der Waals surface area contributed by atoms with Gasteiger partial charge in [-0.2, -0.15) is 0 Å². The number of amides is 1. The monoisotopic (exact) mass is 291 g/mol. The molecule has 3 rings (SSSR count). The van der Waals surface area contributed by atoms with Gasteiger partial charge in [0.1, 0.15) is 0 Å². The summed E-state index contributed by atoms with van der Waals surface area (Å²) >= 11 is 1.78. The van der Waals surface area contributed by atoms with E-state index in [-0.39, 0.29) is 0 Å². The van der Waals surface area contributed by atoms with Crippen molar-refractivity contribution in [1.82, 2.24) is 4.90 Å². The molecule has 20 heavy (non-hydrogen) atoms. The molecule has 3 heterocycles. The predicted molar refractivity (Wildman–Crippen MR) is 81.7 cm³/mol. The van der Waals surface area contributed by atoms with Crippen molar-refractivity contribution in [3.63, 3.8) is 0 Å². The van der Waals surface area contributed by atoms with Crippen molar-refractivity contribution in [2.45, 2.75) is 25.7 Å². The lowest BCUT2D eigenvalue weighted by molar-refractivity contribution is -0.131. The number of carbonyl (C=O) groups is 1. The number of carbonyl (C=O) groups excluding carboxylic acids is 1. The summed E-state index contributed by atoms with van der Waals surface area (Å²) in [6.45, 7) is 3.35. The maximum Gasteiger partial charge on any atom is 0.222 e. The molecule has 2 aliphatic rings. The van der Waals surface area contributed by atoms with Crippen LogP contribution in [0.5, 0.6) is 0 Å². The van der Waals surface area contributed by atoms with Gasteiger partial charge >= 0.3 is 0 Å². The first kappa shape index (κ1) is 13.8. The number of rotatable bonds is 4. The Morgan fingerprint density at radius 1 is 1.50 bits per heavy atom. The van der Waals surface area contributed by atoms with Gasteiger partial charge in [0, 0.05) is 37.6 Å². The molecule has 0 bridgehead atoms. The highest BCUT2D eigenvalue weighted by Gasteiger charge is 2.21. The zero-order valence-electron chi connectivity index (χ0n) is 11.7. The standard InChI is InChI=1S/C16H21NO2S/c18-16(4-3-13-7-10-19-12-13)17-8-5-14(6-9-17)15-2-1-11-20-15/h1-2,5,11,13H,3-4,6-10,12H2. The summed E-state index contributed by atoms with van der Waals surface area (Å²) in [4.78, 5) is 15.5. The molecule has 0 N–H and O–H groups in total. The Morgan fingerprint density at radius 2 is 2.45 bits per heavy atom. The molecule has 1 saturated heterocycles. The van der Waals surface area contributed by atoms with E-state index in [0.717, 1.165) is 45.6 Å². The van der Waals surface area contributed by atoms with Crippen LogP contribution in [0.3, 0.4) is 0 Å². The Morgan fingerprint density at radius 3 is 3.10 bits per heavy atom.